The molecule has 1 atom stereocenters. The molecule has 0 bridgehead atoms. The summed E-state index contributed by atoms with van der Waals surface area (Å²) in [5.41, 5.74) is 1.85. The van der Waals surface area contributed by atoms with Crippen LogP contribution in [0.4, 0.5) is 0 Å². The van der Waals surface area contributed by atoms with Crippen molar-refractivity contribution in [2.45, 2.75) is 32.1 Å². The number of allylic oxidation sites excluding steroid dienone is 1. The van der Waals surface area contributed by atoms with E-state index in [2.05, 4.69) is 16.4 Å². The smallest absolute Gasteiger partial charge is 0.241 e. The van der Waals surface area contributed by atoms with Gasteiger partial charge in [0.2, 0.25) is 5.91 Å². The van der Waals surface area contributed by atoms with Gasteiger partial charge >= 0.3 is 0 Å². The van der Waals surface area contributed by atoms with Crippen LogP contribution in [0.15, 0.2) is 16.6 Å². The van der Waals surface area contributed by atoms with E-state index in [1.807, 2.05) is 6.08 Å². The first kappa shape index (κ1) is 19.3. The van der Waals surface area contributed by atoms with Crippen molar-refractivity contribution in [3.63, 3.8) is 0 Å². The molecule has 0 aromatic carbocycles. The number of carbonyl (C=O) groups excluding carboxylic acids is 1. The highest BCUT2D eigenvalue weighted by Gasteiger charge is 2.24. The number of nitrogens with zero attached hydrogens (tertiary/aromatic N) is 2. The highest BCUT2D eigenvalue weighted by molar-refractivity contribution is 5.98. The third-order valence-electron chi connectivity index (χ3n) is 3.66. The molecule has 0 spiro atoms. The normalized spacial score (nSPS) is 17.4. The molecule has 0 fully saturated rings. The van der Waals surface area contributed by atoms with Crippen LogP contribution in [0.2, 0.25) is 0 Å². The van der Waals surface area contributed by atoms with Crippen LogP contribution >= 0.6 is 0 Å². The number of methoxy groups -OCH3 is 2. The quantitative estimate of drug-likeness (QED) is 0.623. The van der Waals surface area contributed by atoms with Gasteiger partial charge in [-0.05, 0) is 43.8 Å². The Labute approximate surface area is 138 Å². The van der Waals surface area contributed by atoms with Gasteiger partial charge in [0.1, 0.15) is 5.92 Å². The summed E-state index contributed by atoms with van der Waals surface area (Å²) in [4.78, 5) is 16.7. The van der Waals surface area contributed by atoms with Crippen LogP contribution in [0.25, 0.3) is 0 Å². The zero-order chi connectivity index (χ0) is 16.9. The van der Waals surface area contributed by atoms with E-state index in [-0.39, 0.29) is 5.91 Å². The number of amides is 1. The molecule has 1 amide bonds. The number of ether oxygens (including phenoxy) is 2. The predicted molar refractivity (Wildman–Crippen MR) is 89.3 cm³/mol. The topological polar surface area (TPSA) is 83.7 Å². The van der Waals surface area contributed by atoms with Crippen molar-refractivity contribution in [3.05, 3.63) is 11.6 Å². The highest BCUT2D eigenvalue weighted by atomic mass is 16.5. The Morgan fingerprint density at radius 2 is 2.09 bits per heavy atom. The lowest BCUT2D eigenvalue weighted by atomic mass is 9.88. The van der Waals surface area contributed by atoms with Crippen molar-refractivity contribution in [3.8, 4) is 6.07 Å². The molecule has 1 unspecified atom stereocenters. The lowest BCUT2D eigenvalue weighted by Gasteiger charge is -2.18. The van der Waals surface area contributed by atoms with E-state index in [0.717, 1.165) is 43.4 Å². The number of hydrogen-bond donors (Lipinski definition) is 1. The first-order valence-electron chi connectivity index (χ1n) is 8.12. The number of rotatable bonds is 10. The fourth-order valence-electron chi connectivity index (χ4n) is 2.46. The predicted octanol–water partition coefficient (Wildman–Crippen LogP) is 1.87. The number of nitrogens with one attached hydrogen (secondary N) is 1. The third-order valence-corrected chi connectivity index (χ3v) is 3.66. The maximum absolute atomic E-state index is 12.2. The Kier molecular flexibility index (Phi) is 9.92. The molecular weight excluding hydrogens is 294 g/mol. The van der Waals surface area contributed by atoms with E-state index < -0.39 is 5.92 Å². The average Bonchev–Trinajstić information content (AvgIpc) is 2.57. The molecule has 0 aromatic heterocycles. The maximum Gasteiger partial charge on any atom is 0.241 e. The summed E-state index contributed by atoms with van der Waals surface area (Å²) >= 11 is 0. The Bertz CT molecular complexity index is 466. The lowest BCUT2D eigenvalue weighted by molar-refractivity contribution is -0.122. The van der Waals surface area contributed by atoms with Crippen LogP contribution in [-0.4, -0.2) is 52.1 Å². The van der Waals surface area contributed by atoms with Gasteiger partial charge in [-0.2, -0.15) is 5.26 Å². The first-order chi connectivity index (χ1) is 11.2. The highest BCUT2D eigenvalue weighted by Crippen LogP contribution is 2.23. The molecule has 6 heteroatoms. The number of carbonyl (C=O) groups is 1. The average molecular weight is 321 g/mol. The molecule has 1 rings (SSSR count). The summed E-state index contributed by atoms with van der Waals surface area (Å²) in [6.07, 6.45) is 6.17. The van der Waals surface area contributed by atoms with Crippen molar-refractivity contribution in [1.29, 1.82) is 5.26 Å². The minimum atomic E-state index is -0.720. The Morgan fingerprint density at radius 3 is 2.78 bits per heavy atom. The number of aliphatic imine (C=N–C) groups is 1. The summed E-state index contributed by atoms with van der Waals surface area (Å²) in [6.45, 7) is 2.53. The molecule has 0 saturated heterocycles. The van der Waals surface area contributed by atoms with Gasteiger partial charge in [0.25, 0.3) is 0 Å². The van der Waals surface area contributed by atoms with Gasteiger partial charge in [0.15, 0.2) is 0 Å². The van der Waals surface area contributed by atoms with Crippen LogP contribution in [0.3, 0.4) is 0 Å². The largest absolute Gasteiger partial charge is 0.385 e. The van der Waals surface area contributed by atoms with Crippen molar-refractivity contribution >= 4 is 11.6 Å². The monoisotopic (exact) mass is 321 g/mol. The Balaban J connectivity index is 2.59. The zero-order valence-corrected chi connectivity index (χ0v) is 14.1. The molecule has 0 radical (unpaired) electrons. The summed E-state index contributed by atoms with van der Waals surface area (Å²) in [7, 11) is 3.30. The molecule has 0 saturated carbocycles. The molecule has 0 aromatic rings. The summed E-state index contributed by atoms with van der Waals surface area (Å²) in [5, 5.41) is 12.2. The first-order valence-corrected chi connectivity index (χ1v) is 8.12. The van der Waals surface area contributed by atoms with Crippen LogP contribution in [-0.2, 0) is 14.3 Å². The molecule has 0 aliphatic heterocycles. The van der Waals surface area contributed by atoms with Crippen molar-refractivity contribution < 1.29 is 14.3 Å². The van der Waals surface area contributed by atoms with E-state index in [9.17, 15) is 10.1 Å². The standard InChI is InChI=1S/C17H27N3O3/c1-22-10-4-8-19-15-7-3-6-14(12-15)16(13-18)17(21)20-9-5-11-23-2/h12,16H,3-11H2,1-2H3,(H,20,21). The van der Waals surface area contributed by atoms with Crippen LogP contribution in [0.5, 0.6) is 0 Å². The Hall–Kier alpha value is -1.71. The van der Waals surface area contributed by atoms with Gasteiger partial charge in [-0.25, -0.2) is 0 Å². The minimum Gasteiger partial charge on any atom is -0.385 e. The van der Waals surface area contributed by atoms with Gasteiger partial charge in [0, 0.05) is 46.2 Å². The molecule has 1 aliphatic rings. The molecule has 1 N–H and O–H groups in total. The summed E-state index contributed by atoms with van der Waals surface area (Å²) < 4.78 is 9.95. The van der Waals surface area contributed by atoms with E-state index in [0.29, 0.717) is 26.3 Å². The van der Waals surface area contributed by atoms with Crippen LogP contribution in [0, 0.1) is 17.2 Å². The SMILES string of the molecule is COCCCN=C1C=C(C(C#N)C(=O)NCCCOC)CCC1. The second-order valence-electron chi connectivity index (χ2n) is 5.49. The molecule has 128 valence electrons. The van der Waals surface area contributed by atoms with Gasteiger partial charge in [-0.15, -0.1) is 0 Å². The minimum absolute atomic E-state index is 0.226. The lowest BCUT2D eigenvalue weighted by Crippen LogP contribution is -2.33. The van der Waals surface area contributed by atoms with Gasteiger partial charge in [0.05, 0.1) is 6.07 Å². The third kappa shape index (κ3) is 7.40. The van der Waals surface area contributed by atoms with Crippen molar-refractivity contribution in [2.75, 3.05) is 40.5 Å². The maximum atomic E-state index is 12.2. The van der Waals surface area contributed by atoms with Crippen LogP contribution in [0.1, 0.15) is 32.1 Å². The van der Waals surface area contributed by atoms with Crippen LogP contribution < -0.4 is 5.32 Å². The zero-order valence-electron chi connectivity index (χ0n) is 14.1. The van der Waals surface area contributed by atoms with E-state index in [1.165, 1.54) is 0 Å². The van der Waals surface area contributed by atoms with Gasteiger partial charge in [-0.1, -0.05) is 0 Å². The molecule has 0 heterocycles. The summed E-state index contributed by atoms with van der Waals surface area (Å²) in [6, 6.07) is 2.12. The number of hydrogen-bond acceptors (Lipinski definition) is 5. The van der Waals surface area contributed by atoms with E-state index in [4.69, 9.17) is 9.47 Å². The molecule has 1 aliphatic carbocycles. The van der Waals surface area contributed by atoms with Gasteiger partial charge < -0.3 is 14.8 Å². The van der Waals surface area contributed by atoms with E-state index >= 15 is 0 Å². The number of nitriles is 1. The molecule has 6 nitrogen and oxygen atoms in total. The fraction of sp³-hybridized carbons (Fsp3) is 0.706. The molecular formula is C17H27N3O3. The molecule has 23 heavy (non-hydrogen) atoms. The fourth-order valence-corrected chi connectivity index (χ4v) is 2.46. The van der Waals surface area contributed by atoms with E-state index in [1.54, 1.807) is 14.2 Å². The second kappa shape index (κ2) is 11.8. The van der Waals surface area contributed by atoms with Crippen molar-refractivity contribution in [2.24, 2.45) is 10.9 Å². The summed E-state index contributed by atoms with van der Waals surface area (Å²) in [5.74, 6) is -0.947. The Morgan fingerprint density at radius 1 is 1.35 bits per heavy atom. The second-order valence-corrected chi connectivity index (χ2v) is 5.49. The van der Waals surface area contributed by atoms with Gasteiger partial charge in [-0.3, -0.25) is 9.79 Å². The van der Waals surface area contributed by atoms with Crippen molar-refractivity contribution in [1.82, 2.24) is 5.32 Å².